The minimum absolute atomic E-state index is 0.0296. The van der Waals surface area contributed by atoms with Crippen molar-refractivity contribution in [2.75, 3.05) is 12.4 Å². The standard InChI is InChI=1S/C11H14F3NO2S/c12-11(13,14)8-2-1-3-10(6-8)18(17)7-9(15)4-5-16/h1-3,6,9,16H,4-5,7,15H2. The average Bonchev–Trinajstić information content (AvgIpc) is 2.28. The van der Waals surface area contributed by atoms with E-state index in [1.165, 1.54) is 12.1 Å². The van der Waals surface area contributed by atoms with Gasteiger partial charge in [-0.25, -0.2) is 0 Å². The largest absolute Gasteiger partial charge is 0.416 e. The minimum atomic E-state index is -4.45. The Kier molecular flexibility index (Phi) is 5.30. The van der Waals surface area contributed by atoms with Crippen molar-refractivity contribution in [3.05, 3.63) is 29.8 Å². The molecule has 0 saturated carbocycles. The van der Waals surface area contributed by atoms with Crippen LogP contribution in [0.25, 0.3) is 0 Å². The summed E-state index contributed by atoms with van der Waals surface area (Å²) in [5.74, 6) is 0.0296. The molecule has 0 bridgehead atoms. The van der Waals surface area contributed by atoms with E-state index in [0.29, 0.717) is 0 Å². The number of aliphatic hydroxyl groups is 1. The van der Waals surface area contributed by atoms with Gasteiger partial charge in [-0.1, -0.05) is 6.07 Å². The Hall–Kier alpha value is -0.920. The van der Waals surface area contributed by atoms with Crippen LogP contribution in [0.3, 0.4) is 0 Å². The molecule has 2 unspecified atom stereocenters. The van der Waals surface area contributed by atoms with E-state index >= 15 is 0 Å². The number of hydrogen-bond acceptors (Lipinski definition) is 3. The molecule has 0 spiro atoms. The molecule has 0 aliphatic heterocycles. The van der Waals surface area contributed by atoms with Crippen molar-refractivity contribution < 1.29 is 22.5 Å². The van der Waals surface area contributed by atoms with Crippen LogP contribution in [0, 0.1) is 0 Å². The van der Waals surface area contributed by atoms with Crippen molar-refractivity contribution in [1.82, 2.24) is 0 Å². The van der Waals surface area contributed by atoms with Gasteiger partial charge < -0.3 is 10.8 Å². The minimum Gasteiger partial charge on any atom is -0.396 e. The smallest absolute Gasteiger partial charge is 0.396 e. The number of benzene rings is 1. The Balaban J connectivity index is 2.81. The van der Waals surface area contributed by atoms with Gasteiger partial charge in [0.2, 0.25) is 0 Å². The summed E-state index contributed by atoms with van der Waals surface area (Å²) in [4.78, 5) is 0.0956. The zero-order valence-corrected chi connectivity index (χ0v) is 10.3. The third-order valence-corrected chi connectivity index (χ3v) is 3.80. The summed E-state index contributed by atoms with van der Waals surface area (Å²) in [6, 6.07) is 3.88. The van der Waals surface area contributed by atoms with Gasteiger partial charge in [0, 0.05) is 23.3 Å². The maximum Gasteiger partial charge on any atom is 0.416 e. The van der Waals surface area contributed by atoms with Gasteiger partial charge in [0.25, 0.3) is 0 Å². The second-order valence-electron chi connectivity index (χ2n) is 3.81. The number of nitrogens with two attached hydrogens (primary N) is 1. The number of hydrogen-bond donors (Lipinski definition) is 2. The van der Waals surface area contributed by atoms with Crippen LogP contribution in [0.5, 0.6) is 0 Å². The molecule has 0 amide bonds. The van der Waals surface area contributed by atoms with Gasteiger partial charge >= 0.3 is 6.18 Å². The van der Waals surface area contributed by atoms with Crippen LogP contribution >= 0.6 is 0 Å². The van der Waals surface area contributed by atoms with Crippen LogP contribution in [0.2, 0.25) is 0 Å². The molecule has 0 radical (unpaired) electrons. The third-order valence-electron chi connectivity index (χ3n) is 2.29. The van der Waals surface area contributed by atoms with Crippen molar-refractivity contribution in [3.8, 4) is 0 Å². The van der Waals surface area contributed by atoms with Crippen LogP contribution in [0.1, 0.15) is 12.0 Å². The summed E-state index contributed by atoms with van der Waals surface area (Å²) >= 11 is 0. The van der Waals surface area contributed by atoms with E-state index in [-0.39, 0.29) is 23.7 Å². The average molecular weight is 281 g/mol. The van der Waals surface area contributed by atoms with Gasteiger partial charge in [-0.3, -0.25) is 4.21 Å². The lowest BCUT2D eigenvalue weighted by Crippen LogP contribution is -2.28. The van der Waals surface area contributed by atoms with Gasteiger partial charge in [-0.05, 0) is 24.6 Å². The molecule has 0 heterocycles. The fourth-order valence-electron chi connectivity index (χ4n) is 1.35. The molecule has 2 atom stereocenters. The van der Waals surface area contributed by atoms with E-state index in [2.05, 4.69) is 0 Å². The summed E-state index contributed by atoms with van der Waals surface area (Å²) in [6.45, 7) is -0.138. The van der Waals surface area contributed by atoms with E-state index < -0.39 is 28.6 Å². The highest BCUT2D eigenvalue weighted by atomic mass is 32.2. The summed E-state index contributed by atoms with van der Waals surface area (Å²) in [5.41, 5.74) is 4.74. The Morgan fingerprint density at radius 2 is 2.06 bits per heavy atom. The highest BCUT2D eigenvalue weighted by molar-refractivity contribution is 7.85. The Labute approximate surface area is 105 Å². The number of aliphatic hydroxyl groups excluding tert-OH is 1. The fourth-order valence-corrected chi connectivity index (χ4v) is 2.59. The molecule has 1 aromatic carbocycles. The van der Waals surface area contributed by atoms with Crippen molar-refractivity contribution in [2.45, 2.75) is 23.5 Å². The van der Waals surface area contributed by atoms with E-state index in [1.807, 2.05) is 0 Å². The maximum atomic E-state index is 12.5. The first-order valence-corrected chi connectivity index (χ1v) is 6.58. The van der Waals surface area contributed by atoms with Crippen molar-refractivity contribution >= 4 is 10.8 Å². The van der Waals surface area contributed by atoms with E-state index in [4.69, 9.17) is 10.8 Å². The highest BCUT2D eigenvalue weighted by Crippen LogP contribution is 2.30. The monoisotopic (exact) mass is 281 g/mol. The summed E-state index contributed by atoms with van der Waals surface area (Å²) in [5, 5.41) is 8.64. The maximum absolute atomic E-state index is 12.5. The van der Waals surface area contributed by atoms with E-state index in [0.717, 1.165) is 12.1 Å². The van der Waals surface area contributed by atoms with Crippen molar-refractivity contribution in [1.29, 1.82) is 0 Å². The van der Waals surface area contributed by atoms with Crippen LogP contribution < -0.4 is 5.73 Å². The number of halogens is 3. The lowest BCUT2D eigenvalue weighted by molar-refractivity contribution is -0.137. The Morgan fingerprint density at radius 1 is 1.39 bits per heavy atom. The normalized spacial score (nSPS) is 15.4. The van der Waals surface area contributed by atoms with Gasteiger partial charge in [0.05, 0.1) is 16.4 Å². The molecule has 1 rings (SSSR count). The molecule has 102 valence electrons. The summed E-state index contributed by atoms with van der Waals surface area (Å²) < 4.78 is 49.2. The van der Waals surface area contributed by atoms with Crippen LogP contribution in [0.4, 0.5) is 13.2 Å². The predicted octanol–water partition coefficient (Wildman–Crippen LogP) is 1.52. The second kappa shape index (κ2) is 6.31. The molecule has 18 heavy (non-hydrogen) atoms. The van der Waals surface area contributed by atoms with E-state index in [1.54, 1.807) is 0 Å². The number of alkyl halides is 3. The lowest BCUT2D eigenvalue weighted by atomic mass is 10.2. The highest BCUT2D eigenvalue weighted by Gasteiger charge is 2.30. The molecular formula is C11H14F3NO2S. The summed E-state index contributed by atoms with van der Waals surface area (Å²) in [6.07, 6.45) is -4.18. The zero-order chi connectivity index (χ0) is 13.8. The van der Waals surface area contributed by atoms with Gasteiger partial charge in [0.15, 0.2) is 0 Å². The first-order valence-electron chi connectivity index (χ1n) is 5.26. The molecule has 0 aliphatic rings. The van der Waals surface area contributed by atoms with Gasteiger partial charge in [0.1, 0.15) is 0 Å². The lowest BCUT2D eigenvalue weighted by Gasteiger charge is -2.11. The van der Waals surface area contributed by atoms with E-state index in [9.17, 15) is 17.4 Å². The predicted molar refractivity (Wildman–Crippen MR) is 62.4 cm³/mol. The Morgan fingerprint density at radius 3 is 2.61 bits per heavy atom. The second-order valence-corrected chi connectivity index (χ2v) is 5.31. The molecule has 0 saturated heterocycles. The molecule has 0 aromatic heterocycles. The topological polar surface area (TPSA) is 63.3 Å². The quantitative estimate of drug-likeness (QED) is 0.860. The third kappa shape index (κ3) is 4.40. The molecule has 3 nitrogen and oxygen atoms in total. The first-order chi connectivity index (χ1) is 8.34. The van der Waals surface area contributed by atoms with Crippen LogP contribution in [0.15, 0.2) is 29.2 Å². The Bertz CT molecular complexity index is 423. The molecule has 0 aliphatic carbocycles. The summed E-state index contributed by atoms with van der Waals surface area (Å²) in [7, 11) is -1.60. The SMILES string of the molecule is NC(CCO)CS(=O)c1cccc(C(F)(F)F)c1. The van der Waals surface area contributed by atoms with Crippen LogP contribution in [-0.2, 0) is 17.0 Å². The van der Waals surface area contributed by atoms with Crippen molar-refractivity contribution in [3.63, 3.8) is 0 Å². The van der Waals surface area contributed by atoms with Gasteiger partial charge in [-0.15, -0.1) is 0 Å². The zero-order valence-electron chi connectivity index (χ0n) is 9.48. The molecule has 3 N–H and O–H groups in total. The molecule has 1 aromatic rings. The van der Waals surface area contributed by atoms with Crippen molar-refractivity contribution in [2.24, 2.45) is 5.73 Å². The fraction of sp³-hybridized carbons (Fsp3) is 0.455. The number of rotatable bonds is 5. The molecule has 0 fully saturated rings. The molecular weight excluding hydrogens is 267 g/mol. The van der Waals surface area contributed by atoms with Crippen LogP contribution in [-0.4, -0.2) is 27.7 Å². The first kappa shape index (κ1) is 15.1. The van der Waals surface area contributed by atoms with Gasteiger partial charge in [-0.2, -0.15) is 13.2 Å². The molecule has 7 heteroatoms.